The van der Waals surface area contributed by atoms with Crippen molar-refractivity contribution in [3.63, 3.8) is 0 Å². The van der Waals surface area contributed by atoms with Crippen LogP contribution in [0, 0.1) is 12.7 Å². The van der Waals surface area contributed by atoms with Crippen LogP contribution in [0.5, 0.6) is 6.01 Å². The van der Waals surface area contributed by atoms with Gasteiger partial charge in [0.15, 0.2) is 0 Å². The van der Waals surface area contributed by atoms with Crippen LogP contribution < -0.4 is 4.74 Å². The fraction of sp³-hybridized carbons (Fsp3) is 0.459. The zero-order chi connectivity index (χ0) is 37.6. The number of hydrogen-bond acceptors (Lipinski definition) is 11. The van der Waals surface area contributed by atoms with Crippen LogP contribution in [-0.2, 0) is 36.9 Å². The SMILES string of the molecule is CCO[C@@H](CN(C)C(=O)OC(C)(C)C)Cn1c(C)nc2cc(F)cc(-c3ccnc(O[C@H]4C[C@@H](C(=O)OC)N(C(=O)OCc5ccccc5)C4)n3)c21. The van der Waals surface area contributed by atoms with Crippen molar-refractivity contribution in [2.45, 2.75) is 78.0 Å². The number of amides is 2. The molecule has 52 heavy (non-hydrogen) atoms. The van der Waals surface area contributed by atoms with Gasteiger partial charge in [0.05, 0.1) is 49.6 Å². The molecule has 0 radical (unpaired) electrons. The van der Waals surface area contributed by atoms with E-state index in [4.69, 9.17) is 23.7 Å². The molecule has 0 bridgehead atoms. The van der Waals surface area contributed by atoms with E-state index in [9.17, 15) is 14.4 Å². The van der Waals surface area contributed by atoms with Crippen molar-refractivity contribution in [2.24, 2.45) is 0 Å². The van der Waals surface area contributed by atoms with Crippen molar-refractivity contribution in [3.8, 4) is 17.3 Å². The Kier molecular flexibility index (Phi) is 11.9. The van der Waals surface area contributed by atoms with Crippen LogP contribution in [0.15, 0.2) is 54.7 Å². The molecule has 3 atom stereocenters. The lowest BCUT2D eigenvalue weighted by molar-refractivity contribution is -0.145. The Labute approximate surface area is 301 Å². The minimum Gasteiger partial charge on any atom is -0.467 e. The first-order chi connectivity index (χ1) is 24.8. The van der Waals surface area contributed by atoms with Crippen LogP contribution in [-0.4, -0.2) is 105 Å². The van der Waals surface area contributed by atoms with Gasteiger partial charge in [-0.15, -0.1) is 0 Å². The maximum Gasteiger partial charge on any atom is 0.410 e. The maximum atomic E-state index is 15.1. The van der Waals surface area contributed by atoms with Gasteiger partial charge < -0.3 is 33.2 Å². The summed E-state index contributed by atoms with van der Waals surface area (Å²) < 4.78 is 45.1. The third-order valence-electron chi connectivity index (χ3n) is 8.33. The number of ether oxygens (including phenoxy) is 5. The first kappa shape index (κ1) is 37.9. The number of esters is 1. The van der Waals surface area contributed by atoms with Crippen LogP contribution in [0.4, 0.5) is 14.0 Å². The largest absolute Gasteiger partial charge is 0.467 e. The molecule has 1 aliphatic heterocycles. The second kappa shape index (κ2) is 16.4. The van der Waals surface area contributed by atoms with E-state index in [0.717, 1.165) is 5.56 Å². The lowest BCUT2D eigenvalue weighted by Gasteiger charge is -2.28. The zero-order valence-electron chi connectivity index (χ0n) is 30.5. The van der Waals surface area contributed by atoms with Crippen molar-refractivity contribution in [3.05, 3.63) is 71.9 Å². The van der Waals surface area contributed by atoms with Crippen LogP contribution in [0.25, 0.3) is 22.3 Å². The van der Waals surface area contributed by atoms with Crippen molar-refractivity contribution >= 4 is 29.2 Å². The van der Waals surface area contributed by atoms with Crippen molar-refractivity contribution in [2.75, 3.05) is 33.9 Å². The van der Waals surface area contributed by atoms with Crippen LogP contribution >= 0.6 is 0 Å². The molecular formula is C37H45FN6O8. The van der Waals surface area contributed by atoms with Gasteiger partial charge in [-0.1, -0.05) is 30.3 Å². The first-order valence-electron chi connectivity index (χ1n) is 17.0. The highest BCUT2D eigenvalue weighted by Crippen LogP contribution is 2.32. The number of likely N-dealkylation sites (tertiary alicyclic amines) is 1. The van der Waals surface area contributed by atoms with Gasteiger partial charge in [0.25, 0.3) is 0 Å². The fourth-order valence-corrected chi connectivity index (χ4v) is 6.03. The van der Waals surface area contributed by atoms with Gasteiger partial charge in [0, 0.05) is 37.9 Å². The van der Waals surface area contributed by atoms with Crippen LogP contribution in [0.2, 0.25) is 0 Å². The van der Waals surface area contributed by atoms with E-state index in [-0.39, 0.29) is 32.1 Å². The van der Waals surface area contributed by atoms with E-state index in [1.165, 1.54) is 35.2 Å². The summed E-state index contributed by atoms with van der Waals surface area (Å²) in [5.41, 5.74) is 1.95. The van der Waals surface area contributed by atoms with Crippen LogP contribution in [0.1, 0.15) is 45.5 Å². The number of methoxy groups -OCH3 is 1. The molecule has 0 spiro atoms. The van der Waals surface area contributed by atoms with Gasteiger partial charge in [-0.3, -0.25) is 4.90 Å². The van der Waals surface area contributed by atoms with E-state index < -0.39 is 47.8 Å². The second-order valence-electron chi connectivity index (χ2n) is 13.5. The van der Waals surface area contributed by atoms with E-state index in [1.54, 1.807) is 33.9 Å². The molecule has 4 aromatic rings. The third kappa shape index (κ3) is 9.32. The number of benzene rings is 2. The molecule has 278 valence electrons. The minimum atomic E-state index is -0.936. The fourth-order valence-electron chi connectivity index (χ4n) is 6.03. The number of carbonyl (C=O) groups excluding carboxylic acids is 3. The molecule has 0 unspecified atom stereocenters. The summed E-state index contributed by atoms with van der Waals surface area (Å²) in [4.78, 5) is 54.7. The molecule has 0 N–H and O–H groups in total. The number of hydrogen-bond donors (Lipinski definition) is 0. The Morgan fingerprint density at radius 1 is 1.10 bits per heavy atom. The zero-order valence-corrected chi connectivity index (χ0v) is 30.5. The highest BCUT2D eigenvalue weighted by atomic mass is 19.1. The topological polar surface area (TPSA) is 147 Å². The lowest BCUT2D eigenvalue weighted by atomic mass is 10.1. The smallest absolute Gasteiger partial charge is 0.410 e. The summed E-state index contributed by atoms with van der Waals surface area (Å²) in [6, 6.07) is 12.6. The van der Waals surface area contributed by atoms with Gasteiger partial charge in [0.2, 0.25) is 0 Å². The molecule has 2 amide bonds. The summed E-state index contributed by atoms with van der Waals surface area (Å²) in [6.45, 7) is 10.1. The van der Waals surface area contributed by atoms with Gasteiger partial charge in [0.1, 0.15) is 36.0 Å². The summed E-state index contributed by atoms with van der Waals surface area (Å²) in [5.74, 6) is -0.512. The van der Waals surface area contributed by atoms with Crippen molar-refractivity contribution in [1.82, 2.24) is 29.3 Å². The molecule has 5 rings (SSSR count). The number of carbonyl (C=O) groups is 3. The Morgan fingerprint density at radius 3 is 2.54 bits per heavy atom. The number of rotatable bonds is 12. The molecule has 15 heteroatoms. The first-order valence-corrected chi connectivity index (χ1v) is 17.0. The Morgan fingerprint density at radius 2 is 1.85 bits per heavy atom. The molecular weight excluding hydrogens is 675 g/mol. The monoisotopic (exact) mass is 720 g/mol. The molecule has 1 fully saturated rings. The normalized spacial score (nSPS) is 16.4. The molecule has 3 heterocycles. The van der Waals surface area contributed by atoms with Crippen LogP contribution in [0.3, 0.4) is 0 Å². The van der Waals surface area contributed by atoms with Gasteiger partial charge in [-0.05, 0) is 52.3 Å². The molecule has 14 nitrogen and oxygen atoms in total. The molecule has 1 saturated heterocycles. The predicted molar refractivity (Wildman–Crippen MR) is 188 cm³/mol. The molecule has 2 aromatic heterocycles. The number of imidazole rings is 1. The lowest BCUT2D eigenvalue weighted by Crippen LogP contribution is -2.41. The molecule has 0 aliphatic carbocycles. The van der Waals surface area contributed by atoms with Crippen molar-refractivity contribution in [1.29, 1.82) is 0 Å². The molecule has 2 aromatic carbocycles. The van der Waals surface area contributed by atoms with E-state index in [2.05, 4.69) is 15.0 Å². The average Bonchev–Trinajstić information content (AvgIpc) is 3.66. The van der Waals surface area contributed by atoms with E-state index in [0.29, 0.717) is 41.3 Å². The summed E-state index contributed by atoms with van der Waals surface area (Å²) in [7, 11) is 2.89. The predicted octanol–water partition coefficient (Wildman–Crippen LogP) is 5.54. The van der Waals surface area contributed by atoms with Gasteiger partial charge >= 0.3 is 24.2 Å². The Balaban J connectivity index is 1.38. The molecule has 1 aliphatic rings. The maximum absolute atomic E-state index is 15.1. The number of likely N-dealkylation sites (N-methyl/N-ethyl adjacent to an activating group) is 1. The van der Waals surface area contributed by atoms with Crippen molar-refractivity contribution < 1.29 is 42.5 Å². The average molecular weight is 721 g/mol. The molecule has 0 saturated carbocycles. The Hall–Kier alpha value is -5.31. The van der Waals surface area contributed by atoms with E-state index >= 15 is 4.39 Å². The quantitative estimate of drug-likeness (QED) is 0.134. The summed E-state index contributed by atoms with van der Waals surface area (Å²) in [6.07, 6.45) is -0.681. The summed E-state index contributed by atoms with van der Waals surface area (Å²) >= 11 is 0. The van der Waals surface area contributed by atoms with E-state index in [1.807, 2.05) is 48.7 Å². The number of nitrogens with zero attached hydrogens (tertiary/aromatic N) is 6. The number of halogens is 1. The summed E-state index contributed by atoms with van der Waals surface area (Å²) in [5, 5.41) is 0. The third-order valence-corrected chi connectivity index (χ3v) is 8.33. The number of fused-ring (bicyclic) bond motifs is 1. The highest BCUT2D eigenvalue weighted by Gasteiger charge is 2.43. The minimum absolute atomic E-state index is 0.0215. The highest BCUT2D eigenvalue weighted by molar-refractivity contribution is 5.92. The number of aryl methyl sites for hydroxylation is 1. The standard InChI is InChI=1S/C37H45FN6O8/c1-8-49-27(19-42(6)35(46)52-37(3,4)5)21-43-23(2)40-30-17-25(38)16-28(32(30)43)29-14-15-39-34(41-29)51-26-18-31(33(45)48-7)44(20-26)36(47)50-22-24-12-10-9-11-13-24/h9-17,26-27,31H,8,18-22H2,1-7H3/t26-,27-,31-/m0/s1. The number of aromatic nitrogens is 4. The van der Waals surface area contributed by atoms with Gasteiger partial charge in [-0.2, -0.15) is 4.98 Å². The van der Waals surface area contributed by atoms with Gasteiger partial charge in [-0.25, -0.2) is 28.7 Å². The second-order valence-corrected chi connectivity index (χ2v) is 13.5. The Bertz CT molecular complexity index is 1880.